The fourth-order valence-electron chi connectivity index (χ4n) is 3.36. The van der Waals surface area contributed by atoms with Crippen molar-refractivity contribution in [3.8, 4) is 0 Å². The number of carbonyl (C=O) groups excluding carboxylic acids is 1. The van der Waals surface area contributed by atoms with E-state index in [1.54, 1.807) is 4.90 Å². The van der Waals surface area contributed by atoms with Crippen molar-refractivity contribution in [2.75, 3.05) is 6.54 Å². The summed E-state index contributed by atoms with van der Waals surface area (Å²) in [6.45, 7) is 4.66. The Bertz CT molecular complexity index is 357. The molecule has 1 saturated heterocycles. The molecular weight excluding hydrogens is 244 g/mol. The van der Waals surface area contributed by atoms with Crippen LogP contribution in [0.3, 0.4) is 0 Å². The van der Waals surface area contributed by atoms with Crippen LogP contribution < -0.4 is 5.32 Å². The Hall–Kier alpha value is -1.26. The summed E-state index contributed by atoms with van der Waals surface area (Å²) in [4.78, 5) is 25.3. The zero-order valence-electron chi connectivity index (χ0n) is 11.8. The number of carboxylic acid groups (broad SMARTS) is 1. The van der Waals surface area contributed by atoms with Crippen molar-refractivity contribution in [3.05, 3.63) is 0 Å². The van der Waals surface area contributed by atoms with Gasteiger partial charge in [-0.05, 0) is 31.1 Å². The van der Waals surface area contributed by atoms with Gasteiger partial charge in [-0.25, -0.2) is 9.59 Å². The molecule has 5 heteroatoms. The predicted molar refractivity (Wildman–Crippen MR) is 71.9 cm³/mol. The molecule has 1 aliphatic heterocycles. The molecule has 1 saturated carbocycles. The molecule has 2 fully saturated rings. The number of urea groups is 1. The molecule has 19 heavy (non-hydrogen) atoms. The van der Waals surface area contributed by atoms with Crippen LogP contribution in [0.15, 0.2) is 0 Å². The van der Waals surface area contributed by atoms with Gasteiger partial charge in [0.1, 0.15) is 6.04 Å². The molecule has 1 heterocycles. The van der Waals surface area contributed by atoms with Gasteiger partial charge in [0.05, 0.1) is 0 Å². The van der Waals surface area contributed by atoms with Crippen molar-refractivity contribution >= 4 is 12.0 Å². The maximum Gasteiger partial charge on any atom is 0.326 e. The lowest BCUT2D eigenvalue weighted by molar-refractivity contribution is -0.141. The molecule has 0 bridgehead atoms. The van der Waals surface area contributed by atoms with E-state index in [1.165, 1.54) is 0 Å². The van der Waals surface area contributed by atoms with Crippen molar-refractivity contribution in [1.29, 1.82) is 0 Å². The molecular formula is C14H24N2O3. The summed E-state index contributed by atoms with van der Waals surface area (Å²) in [6.07, 6.45) is 4.89. The minimum absolute atomic E-state index is 0.127. The first kappa shape index (κ1) is 14.2. The first-order valence-corrected chi connectivity index (χ1v) is 7.29. The standard InChI is InChI=1S/C14H24N2O3/c1-9(2)8-15-14(19)16-11-6-4-3-5-10(11)7-12(16)13(17)18/h9-12H,3-8H2,1-2H3,(H,15,19)(H,17,18). The second-order valence-corrected chi connectivity index (χ2v) is 6.19. The van der Waals surface area contributed by atoms with Crippen LogP contribution in [0.25, 0.3) is 0 Å². The second-order valence-electron chi connectivity index (χ2n) is 6.19. The average Bonchev–Trinajstić information content (AvgIpc) is 2.75. The smallest absolute Gasteiger partial charge is 0.326 e. The van der Waals surface area contributed by atoms with Gasteiger partial charge in [0.25, 0.3) is 0 Å². The molecule has 2 amide bonds. The van der Waals surface area contributed by atoms with Gasteiger partial charge in [-0.3, -0.25) is 0 Å². The van der Waals surface area contributed by atoms with Gasteiger partial charge >= 0.3 is 12.0 Å². The molecule has 0 aromatic rings. The predicted octanol–water partition coefficient (Wildman–Crippen LogP) is 2.07. The molecule has 5 nitrogen and oxygen atoms in total. The van der Waals surface area contributed by atoms with Crippen molar-refractivity contribution in [1.82, 2.24) is 10.2 Å². The number of carbonyl (C=O) groups is 2. The van der Waals surface area contributed by atoms with Crippen LogP contribution in [0, 0.1) is 11.8 Å². The number of rotatable bonds is 3. The molecule has 0 aromatic carbocycles. The lowest BCUT2D eigenvalue weighted by Gasteiger charge is -2.33. The maximum atomic E-state index is 12.3. The number of nitrogens with zero attached hydrogens (tertiary/aromatic N) is 1. The van der Waals surface area contributed by atoms with E-state index in [2.05, 4.69) is 5.32 Å². The highest BCUT2D eigenvalue weighted by Gasteiger charge is 2.47. The van der Waals surface area contributed by atoms with Crippen LogP contribution in [-0.2, 0) is 4.79 Å². The highest BCUT2D eigenvalue weighted by atomic mass is 16.4. The van der Waals surface area contributed by atoms with Crippen molar-refractivity contribution in [3.63, 3.8) is 0 Å². The molecule has 0 spiro atoms. The summed E-state index contributed by atoms with van der Waals surface area (Å²) in [5.74, 6) is -0.120. The van der Waals surface area contributed by atoms with Crippen molar-refractivity contribution in [2.45, 2.75) is 58.0 Å². The van der Waals surface area contributed by atoms with Crippen molar-refractivity contribution < 1.29 is 14.7 Å². The van der Waals surface area contributed by atoms with E-state index in [0.717, 1.165) is 25.7 Å². The molecule has 2 rings (SSSR count). The van der Waals surface area contributed by atoms with E-state index >= 15 is 0 Å². The number of hydrogen-bond acceptors (Lipinski definition) is 2. The minimum Gasteiger partial charge on any atom is -0.480 e. The number of nitrogens with one attached hydrogen (secondary N) is 1. The van der Waals surface area contributed by atoms with Gasteiger partial charge in [0.2, 0.25) is 0 Å². The minimum atomic E-state index is -0.867. The zero-order chi connectivity index (χ0) is 14.0. The summed E-state index contributed by atoms with van der Waals surface area (Å²) in [6, 6.07) is -0.710. The first-order chi connectivity index (χ1) is 9.00. The van der Waals surface area contributed by atoms with Gasteiger partial charge in [0, 0.05) is 12.6 Å². The zero-order valence-corrected chi connectivity index (χ0v) is 11.8. The molecule has 3 unspecified atom stereocenters. The Morgan fingerprint density at radius 3 is 2.63 bits per heavy atom. The van der Waals surface area contributed by atoms with Gasteiger partial charge in [-0.1, -0.05) is 26.7 Å². The van der Waals surface area contributed by atoms with E-state index < -0.39 is 12.0 Å². The number of amides is 2. The average molecular weight is 268 g/mol. The van der Waals surface area contributed by atoms with Crippen LogP contribution in [0.1, 0.15) is 46.0 Å². The number of likely N-dealkylation sites (tertiary alicyclic amines) is 1. The third-order valence-corrected chi connectivity index (χ3v) is 4.27. The molecule has 1 aliphatic carbocycles. The van der Waals surface area contributed by atoms with E-state index in [0.29, 0.717) is 24.8 Å². The molecule has 0 radical (unpaired) electrons. The maximum absolute atomic E-state index is 12.3. The summed E-state index contributed by atoms with van der Waals surface area (Å²) < 4.78 is 0. The van der Waals surface area contributed by atoms with Crippen LogP contribution in [0.2, 0.25) is 0 Å². The lowest BCUT2D eigenvalue weighted by atomic mass is 9.85. The number of carboxylic acids is 1. The fraction of sp³-hybridized carbons (Fsp3) is 0.857. The van der Waals surface area contributed by atoms with Gasteiger partial charge in [-0.2, -0.15) is 0 Å². The summed E-state index contributed by atoms with van der Waals surface area (Å²) in [5, 5.41) is 12.2. The third kappa shape index (κ3) is 3.01. The fourth-order valence-corrected chi connectivity index (χ4v) is 3.36. The normalized spacial score (nSPS) is 30.3. The lowest BCUT2D eigenvalue weighted by Crippen LogP contribution is -2.51. The number of fused-ring (bicyclic) bond motifs is 1. The van der Waals surface area contributed by atoms with Crippen molar-refractivity contribution in [2.24, 2.45) is 11.8 Å². The first-order valence-electron chi connectivity index (χ1n) is 7.29. The molecule has 3 atom stereocenters. The number of hydrogen-bond donors (Lipinski definition) is 2. The van der Waals surface area contributed by atoms with Crippen LogP contribution >= 0.6 is 0 Å². The van der Waals surface area contributed by atoms with Crippen LogP contribution in [-0.4, -0.2) is 40.6 Å². The molecule has 108 valence electrons. The third-order valence-electron chi connectivity index (χ3n) is 4.27. The van der Waals surface area contributed by atoms with E-state index in [9.17, 15) is 14.7 Å². The monoisotopic (exact) mass is 268 g/mol. The van der Waals surface area contributed by atoms with Crippen LogP contribution in [0.4, 0.5) is 4.79 Å². The van der Waals surface area contributed by atoms with E-state index in [-0.39, 0.29) is 12.1 Å². The second kappa shape index (κ2) is 5.80. The van der Waals surface area contributed by atoms with E-state index in [1.807, 2.05) is 13.8 Å². The summed E-state index contributed by atoms with van der Waals surface area (Å²) in [7, 11) is 0. The summed E-state index contributed by atoms with van der Waals surface area (Å²) in [5.41, 5.74) is 0. The Balaban J connectivity index is 2.08. The number of aliphatic carboxylic acids is 1. The Morgan fingerprint density at radius 2 is 2.00 bits per heavy atom. The van der Waals surface area contributed by atoms with Gasteiger partial charge in [-0.15, -0.1) is 0 Å². The Kier molecular flexibility index (Phi) is 4.32. The Morgan fingerprint density at radius 1 is 1.32 bits per heavy atom. The molecule has 2 N–H and O–H groups in total. The van der Waals surface area contributed by atoms with Gasteiger partial charge in [0.15, 0.2) is 0 Å². The highest BCUT2D eigenvalue weighted by molar-refractivity contribution is 5.83. The topological polar surface area (TPSA) is 69.6 Å². The van der Waals surface area contributed by atoms with Crippen LogP contribution in [0.5, 0.6) is 0 Å². The SMILES string of the molecule is CC(C)CNC(=O)N1C(C(=O)O)CC2CCCCC21. The molecule has 2 aliphatic rings. The largest absolute Gasteiger partial charge is 0.480 e. The van der Waals surface area contributed by atoms with Gasteiger partial charge < -0.3 is 15.3 Å². The molecule has 0 aromatic heterocycles. The Labute approximate surface area is 114 Å². The van der Waals surface area contributed by atoms with E-state index in [4.69, 9.17) is 0 Å². The quantitative estimate of drug-likeness (QED) is 0.823. The summed E-state index contributed by atoms with van der Waals surface area (Å²) >= 11 is 0. The highest BCUT2D eigenvalue weighted by Crippen LogP contribution is 2.39.